The third-order valence-electron chi connectivity index (χ3n) is 4.87. The van der Waals surface area contributed by atoms with Gasteiger partial charge in [0.25, 0.3) is 0 Å². The summed E-state index contributed by atoms with van der Waals surface area (Å²) in [5, 5.41) is 0.814. The maximum atomic E-state index is 6.19. The molecule has 0 amide bonds. The predicted octanol–water partition coefficient (Wildman–Crippen LogP) is 4.49. The first-order chi connectivity index (χ1) is 10.0. The lowest BCUT2D eigenvalue weighted by atomic mass is 9.86. The van der Waals surface area contributed by atoms with Crippen LogP contribution in [0.2, 0.25) is 5.02 Å². The predicted molar refractivity (Wildman–Crippen MR) is 93.2 cm³/mol. The molecule has 0 radical (unpaired) electrons. The van der Waals surface area contributed by atoms with E-state index in [1.807, 2.05) is 6.07 Å². The number of rotatable bonds is 5. The van der Waals surface area contributed by atoms with Crippen LogP contribution in [0.1, 0.15) is 45.6 Å². The minimum atomic E-state index is 0.218. The van der Waals surface area contributed by atoms with E-state index in [2.05, 4.69) is 37.8 Å². The quantitative estimate of drug-likeness (QED) is 0.868. The molecule has 3 heteroatoms. The van der Waals surface area contributed by atoms with Crippen molar-refractivity contribution >= 4 is 17.3 Å². The van der Waals surface area contributed by atoms with E-state index in [0.717, 1.165) is 42.8 Å². The summed E-state index contributed by atoms with van der Waals surface area (Å²) in [6.45, 7) is 9.13. The summed E-state index contributed by atoms with van der Waals surface area (Å²) in [6, 6.07) is 6.50. The van der Waals surface area contributed by atoms with Crippen LogP contribution in [-0.2, 0) is 6.42 Å². The van der Waals surface area contributed by atoms with Crippen molar-refractivity contribution in [2.75, 3.05) is 18.0 Å². The molecule has 0 saturated carbocycles. The van der Waals surface area contributed by atoms with Crippen LogP contribution in [0.3, 0.4) is 0 Å². The Bertz CT molecular complexity index is 451. The number of nitrogens with zero attached hydrogens (tertiary/aromatic N) is 1. The largest absolute Gasteiger partial charge is 0.371 e. The zero-order chi connectivity index (χ0) is 15.4. The zero-order valence-electron chi connectivity index (χ0n) is 13.6. The third-order valence-corrected chi connectivity index (χ3v) is 5.11. The van der Waals surface area contributed by atoms with E-state index in [4.69, 9.17) is 17.3 Å². The van der Waals surface area contributed by atoms with Crippen molar-refractivity contribution in [1.29, 1.82) is 0 Å². The van der Waals surface area contributed by atoms with E-state index in [0.29, 0.717) is 0 Å². The highest BCUT2D eigenvalue weighted by Gasteiger charge is 2.23. The molecular formula is C18H29ClN2. The SMILES string of the molecule is CCC(N)Cc1cc(Cl)ccc1N1CCC(C(C)C)CC1. The average molecular weight is 309 g/mol. The maximum absolute atomic E-state index is 6.19. The van der Waals surface area contributed by atoms with Crippen LogP contribution >= 0.6 is 11.6 Å². The molecule has 1 unspecified atom stereocenters. The van der Waals surface area contributed by atoms with E-state index in [1.54, 1.807) is 0 Å². The Labute approximate surface area is 134 Å². The first-order valence-electron chi connectivity index (χ1n) is 8.30. The topological polar surface area (TPSA) is 29.3 Å². The Hall–Kier alpha value is -0.730. The normalized spacial score (nSPS) is 18.3. The second kappa shape index (κ2) is 7.51. The summed E-state index contributed by atoms with van der Waals surface area (Å²) < 4.78 is 0. The van der Waals surface area contributed by atoms with Crippen molar-refractivity contribution in [2.24, 2.45) is 17.6 Å². The monoisotopic (exact) mass is 308 g/mol. The van der Waals surface area contributed by atoms with Gasteiger partial charge in [0.2, 0.25) is 0 Å². The van der Waals surface area contributed by atoms with Crippen molar-refractivity contribution in [2.45, 2.75) is 52.5 Å². The summed E-state index contributed by atoms with van der Waals surface area (Å²) in [5.41, 5.74) is 8.80. The van der Waals surface area contributed by atoms with Crippen molar-refractivity contribution < 1.29 is 0 Å². The summed E-state index contributed by atoms with van der Waals surface area (Å²) in [7, 11) is 0. The highest BCUT2D eigenvalue weighted by Crippen LogP contribution is 2.31. The standard InChI is InChI=1S/C18H29ClN2/c1-4-17(20)12-15-11-16(19)5-6-18(15)21-9-7-14(8-10-21)13(2)3/h5-6,11,13-14,17H,4,7-10,12,20H2,1-3H3. The van der Waals surface area contributed by atoms with Gasteiger partial charge in [-0.3, -0.25) is 0 Å². The number of hydrogen-bond acceptors (Lipinski definition) is 2. The van der Waals surface area contributed by atoms with Gasteiger partial charge in [-0.15, -0.1) is 0 Å². The number of piperidine rings is 1. The molecule has 0 bridgehead atoms. The van der Waals surface area contributed by atoms with Crippen molar-refractivity contribution in [3.05, 3.63) is 28.8 Å². The molecule has 0 spiro atoms. The molecule has 1 atom stereocenters. The summed E-state index contributed by atoms with van der Waals surface area (Å²) in [6.07, 6.45) is 4.50. The van der Waals surface area contributed by atoms with Gasteiger partial charge in [0, 0.05) is 29.8 Å². The fourth-order valence-electron chi connectivity index (χ4n) is 3.26. The van der Waals surface area contributed by atoms with E-state index >= 15 is 0 Å². The second-order valence-corrected chi connectivity index (χ2v) is 7.15. The summed E-state index contributed by atoms with van der Waals surface area (Å²) >= 11 is 6.19. The Morgan fingerprint density at radius 3 is 2.52 bits per heavy atom. The molecule has 0 aromatic heterocycles. The molecule has 0 aliphatic carbocycles. The van der Waals surface area contributed by atoms with E-state index in [-0.39, 0.29) is 6.04 Å². The van der Waals surface area contributed by atoms with Crippen LogP contribution in [0.5, 0.6) is 0 Å². The molecule has 2 N–H and O–H groups in total. The molecule has 1 aliphatic heterocycles. The van der Waals surface area contributed by atoms with Crippen LogP contribution < -0.4 is 10.6 Å². The van der Waals surface area contributed by atoms with Gasteiger partial charge in [0.05, 0.1) is 0 Å². The molecule has 1 saturated heterocycles. The lowest BCUT2D eigenvalue weighted by Gasteiger charge is -2.36. The van der Waals surface area contributed by atoms with E-state index in [1.165, 1.54) is 24.1 Å². The molecule has 1 aromatic rings. The Balaban J connectivity index is 2.12. The average Bonchev–Trinajstić information content (AvgIpc) is 2.47. The zero-order valence-corrected chi connectivity index (χ0v) is 14.4. The molecule has 1 fully saturated rings. The molecule has 1 heterocycles. The first-order valence-corrected chi connectivity index (χ1v) is 8.68. The van der Waals surface area contributed by atoms with E-state index < -0.39 is 0 Å². The van der Waals surface area contributed by atoms with Gasteiger partial charge in [-0.25, -0.2) is 0 Å². The van der Waals surface area contributed by atoms with Gasteiger partial charge < -0.3 is 10.6 Å². The van der Waals surface area contributed by atoms with Crippen LogP contribution in [0.15, 0.2) is 18.2 Å². The van der Waals surface area contributed by atoms with Crippen LogP contribution in [0.4, 0.5) is 5.69 Å². The molecule has 1 aliphatic rings. The number of anilines is 1. The molecule has 2 nitrogen and oxygen atoms in total. The van der Waals surface area contributed by atoms with Gasteiger partial charge in [-0.1, -0.05) is 32.4 Å². The van der Waals surface area contributed by atoms with Gasteiger partial charge in [-0.2, -0.15) is 0 Å². The molecular weight excluding hydrogens is 280 g/mol. The number of halogens is 1. The lowest BCUT2D eigenvalue weighted by Crippen LogP contribution is -2.36. The number of benzene rings is 1. The summed E-state index contributed by atoms with van der Waals surface area (Å²) in [4.78, 5) is 2.52. The third kappa shape index (κ3) is 4.37. The summed E-state index contributed by atoms with van der Waals surface area (Å²) in [5.74, 6) is 1.67. The number of hydrogen-bond donors (Lipinski definition) is 1. The van der Waals surface area contributed by atoms with Crippen molar-refractivity contribution in [1.82, 2.24) is 0 Å². The molecule has 2 rings (SSSR count). The van der Waals surface area contributed by atoms with Gasteiger partial charge in [0.15, 0.2) is 0 Å². The minimum absolute atomic E-state index is 0.218. The highest BCUT2D eigenvalue weighted by molar-refractivity contribution is 6.30. The fourth-order valence-corrected chi connectivity index (χ4v) is 3.45. The fraction of sp³-hybridized carbons (Fsp3) is 0.667. The van der Waals surface area contributed by atoms with Crippen molar-refractivity contribution in [3.63, 3.8) is 0 Å². The maximum Gasteiger partial charge on any atom is 0.0410 e. The molecule has 1 aromatic carbocycles. The van der Waals surface area contributed by atoms with Gasteiger partial charge >= 0.3 is 0 Å². The lowest BCUT2D eigenvalue weighted by molar-refractivity contribution is 0.311. The first kappa shape index (κ1) is 16.6. The Morgan fingerprint density at radius 1 is 1.29 bits per heavy atom. The smallest absolute Gasteiger partial charge is 0.0410 e. The van der Waals surface area contributed by atoms with Crippen molar-refractivity contribution in [3.8, 4) is 0 Å². The molecule has 118 valence electrons. The number of nitrogens with two attached hydrogens (primary N) is 1. The van der Waals surface area contributed by atoms with Crippen LogP contribution in [-0.4, -0.2) is 19.1 Å². The van der Waals surface area contributed by atoms with Gasteiger partial charge in [-0.05, 0) is 61.3 Å². The Kier molecular flexibility index (Phi) is 5.95. The Morgan fingerprint density at radius 2 is 1.95 bits per heavy atom. The van der Waals surface area contributed by atoms with Crippen LogP contribution in [0, 0.1) is 11.8 Å². The second-order valence-electron chi connectivity index (χ2n) is 6.71. The van der Waals surface area contributed by atoms with Gasteiger partial charge in [0.1, 0.15) is 0 Å². The van der Waals surface area contributed by atoms with Crippen LogP contribution in [0.25, 0.3) is 0 Å². The highest BCUT2D eigenvalue weighted by atomic mass is 35.5. The molecule has 21 heavy (non-hydrogen) atoms. The minimum Gasteiger partial charge on any atom is -0.371 e. The van der Waals surface area contributed by atoms with E-state index in [9.17, 15) is 0 Å².